The van der Waals surface area contributed by atoms with Gasteiger partial charge in [0.1, 0.15) is 0 Å². The van der Waals surface area contributed by atoms with Crippen molar-refractivity contribution in [1.82, 2.24) is 0 Å². The van der Waals surface area contributed by atoms with E-state index >= 15 is 0 Å². The van der Waals surface area contributed by atoms with Crippen molar-refractivity contribution in [3.8, 4) is 17.6 Å². The fourth-order valence-corrected chi connectivity index (χ4v) is 1.61. The number of halogens is 1. The monoisotopic (exact) mass is 271 g/mol. The van der Waals surface area contributed by atoms with Gasteiger partial charge < -0.3 is 15.2 Å². The minimum Gasteiger partial charge on any atom is -0.454 e. The molecule has 1 aromatic carbocycles. The molecule has 7 nitrogen and oxygen atoms in total. The molecule has 1 heterocycles. The summed E-state index contributed by atoms with van der Waals surface area (Å²) in [7, 11) is 0. The van der Waals surface area contributed by atoms with Crippen LogP contribution >= 0.6 is 12.4 Å². The maximum Gasteiger partial charge on any atom is 0.278 e. The first-order valence-corrected chi connectivity index (χ1v) is 4.84. The predicted molar refractivity (Wildman–Crippen MR) is 63.6 cm³/mol. The molecule has 0 fully saturated rings. The molecule has 0 saturated heterocycles. The average Bonchev–Trinajstić information content (AvgIpc) is 2.74. The van der Waals surface area contributed by atoms with Crippen LogP contribution < -0.4 is 15.2 Å². The maximum absolute atomic E-state index is 10.9. The Labute approximate surface area is 109 Å². The Morgan fingerprint density at radius 1 is 1.50 bits per heavy atom. The van der Waals surface area contributed by atoms with Crippen molar-refractivity contribution in [1.29, 1.82) is 5.26 Å². The van der Waals surface area contributed by atoms with Crippen molar-refractivity contribution in [2.45, 2.75) is 12.5 Å². The molecule has 18 heavy (non-hydrogen) atoms. The van der Waals surface area contributed by atoms with Gasteiger partial charge in [-0.2, -0.15) is 5.26 Å². The Hall–Kier alpha value is -2.04. The molecule has 1 atom stereocenters. The number of nitrogens with zero attached hydrogens (tertiary/aromatic N) is 2. The van der Waals surface area contributed by atoms with Crippen LogP contribution in [0.2, 0.25) is 0 Å². The second-order valence-corrected chi connectivity index (χ2v) is 3.49. The molecule has 0 aliphatic carbocycles. The van der Waals surface area contributed by atoms with Crippen molar-refractivity contribution in [3.63, 3.8) is 0 Å². The quantitative estimate of drug-likeness (QED) is 0.661. The zero-order valence-electron chi connectivity index (χ0n) is 9.16. The highest BCUT2D eigenvalue weighted by molar-refractivity contribution is 5.85. The van der Waals surface area contributed by atoms with E-state index in [1.165, 1.54) is 12.1 Å². The van der Waals surface area contributed by atoms with Crippen LogP contribution in [-0.4, -0.2) is 11.7 Å². The van der Waals surface area contributed by atoms with Crippen molar-refractivity contribution in [2.24, 2.45) is 5.73 Å². The average molecular weight is 272 g/mol. The normalized spacial score (nSPS) is 13.3. The summed E-state index contributed by atoms with van der Waals surface area (Å²) in [5.41, 5.74) is 5.84. The highest BCUT2D eigenvalue weighted by Crippen LogP contribution is 2.40. The molecule has 96 valence electrons. The van der Waals surface area contributed by atoms with Crippen LogP contribution in [0.25, 0.3) is 0 Å². The van der Waals surface area contributed by atoms with E-state index in [1.54, 1.807) is 0 Å². The molecule has 8 heteroatoms. The van der Waals surface area contributed by atoms with E-state index in [1.807, 2.05) is 6.07 Å². The zero-order chi connectivity index (χ0) is 12.4. The third kappa shape index (κ3) is 2.45. The smallest absolute Gasteiger partial charge is 0.278 e. The van der Waals surface area contributed by atoms with E-state index < -0.39 is 11.0 Å². The van der Waals surface area contributed by atoms with Crippen molar-refractivity contribution >= 4 is 18.1 Å². The van der Waals surface area contributed by atoms with Gasteiger partial charge in [-0.3, -0.25) is 10.1 Å². The Balaban J connectivity index is 0.00000162. The van der Waals surface area contributed by atoms with Gasteiger partial charge in [-0.05, 0) is 6.07 Å². The van der Waals surface area contributed by atoms with Crippen LogP contribution in [0.15, 0.2) is 12.1 Å². The zero-order valence-corrected chi connectivity index (χ0v) is 9.98. The lowest BCUT2D eigenvalue weighted by Crippen LogP contribution is -2.11. The lowest BCUT2D eigenvalue weighted by atomic mass is 10.0. The Bertz CT molecular complexity index is 515. The van der Waals surface area contributed by atoms with Crippen LogP contribution in [-0.2, 0) is 0 Å². The first-order chi connectivity index (χ1) is 8.13. The van der Waals surface area contributed by atoms with E-state index in [0.29, 0.717) is 11.5 Å². The summed E-state index contributed by atoms with van der Waals surface area (Å²) in [6.45, 7) is 0.0312. The van der Waals surface area contributed by atoms with Crippen LogP contribution in [0.1, 0.15) is 18.0 Å². The summed E-state index contributed by atoms with van der Waals surface area (Å²) < 4.78 is 10.2. The number of nitriles is 1. The van der Waals surface area contributed by atoms with E-state index in [2.05, 4.69) is 0 Å². The third-order valence-electron chi connectivity index (χ3n) is 2.43. The van der Waals surface area contributed by atoms with Gasteiger partial charge in [0.15, 0.2) is 11.5 Å². The van der Waals surface area contributed by atoms with E-state index in [9.17, 15) is 10.1 Å². The molecule has 2 rings (SSSR count). The van der Waals surface area contributed by atoms with Gasteiger partial charge in [0.25, 0.3) is 5.69 Å². The molecule has 0 radical (unpaired) electrons. The number of nitro benzene ring substituents is 1. The largest absolute Gasteiger partial charge is 0.454 e. The number of rotatable bonds is 3. The molecule has 0 unspecified atom stereocenters. The second-order valence-electron chi connectivity index (χ2n) is 3.49. The molecule has 0 saturated carbocycles. The Morgan fingerprint density at radius 3 is 2.67 bits per heavy atom. The van der Waals surface area contributed by atoms with Crippen molar-refractivity contribution in [3.05, 3.63) is 27.8 Å². The topological polar surface area (TPSA) is 111 Å². The van der Waals surface area contributed by atoms with Crippen LogP contribution in [0.3, 0.4) is 0 Å². The number of nitrogens with two attached hydrogens (primary N) is 1. The van der Waals surface area contributed by atoms with Crippen molar-refractivity contribution < 1.29 is 14.4 Å². The van der Waals surface area contributed by atoms with Gasteiger partial charge in [-0.25, -0.2) is 0 Å². The summed E-state index contributed by atoms with van der Waals surface area (Å²) in [6, 6.07) is 3.90. The van der Waals surface area contributed by atoms with Gasteiger partial charge >= 0.3 is 0 Å². The summed E-state index contributed by atoms with van der Waals surface area (Å²) >= 11 is 0. The van der Waals surface area contributed by atoms with E-state index in [4.69, 9.17) is 20.5 Å². The van der Waals surface area contributed by atoms with Gasteiger partial charge in [-0.1, -0.05) is 0 Å². The van der Waals surface area contributed by atoms with Gasteiger partial charge in [0.05, 0.1) is 29.0 Å². The summed E-state index contributed by atoms with van der Waals surface area (Å²) in [4.78, 5) is 10.4. The molecule has 1 aliphatic heterocycles. The molecule has 1 aromatic rings. The Morgan fingerprint density at radius 2 is 2.11 bits per heavy atom. The number of ether oxygens (including phenoxy) is 2. The first kappa shape index (κ1) is 14.0. The fourth-order valence-electron chi connectivity index (χ4n) is 1.61. The highest BCUT2D eigenvalue weighted by Gasteiger charge is 2.26. The molecular weight excluding hydrogens is 262 g/mol. The molecule has 0 bridgehead atoms. The number of fused-ring (bicyclic) bond motifs is 1. The summed E-state index contributed by atoms with van der Waals surface area (Å²) in [5, 5.41) is 19.5. The van der Waals surface area contributed by atoms with E-state index in [-0.39, 0.29) is 36.9 Å². The number of hydrogen-bond acceptors (Lipinski definition) is 6. The molecule has 1 aliphatic rings. The maximum atomic E-state index is 10.9. The molecule has 0 spiro atoms. The number of nitro groups is 1. The first-order valence-electron chi connectivity index (χ1n) is 4.84. The number of benzene rings is 1. The molecule has 0 aromatic heterocycles. The highest BCUT2D eigenvalue weighted by atomic mass is 35.5. The predicted octanol–water partition coefficient (Wildman–Crippen LogP) is 1.66. The van der Waals surface area contributed by atoms with Crippen LogP contribution in [0, 0.1) is 21.4 Å². The lowest BCUT2D eigenvalue weighted by Gasteiger charge is -2.09. The van der Waals surface area contributed by atoms with E-state index in [0.717, 1.165) is 0 Å². The minimum absolute atomic E-state index is 0. The molecule has 0 amide bonds. The van der Waals surface area contributed by atoms with Crippen LogP contribution in [0.4, 0.5) is 5.69 Å². The minimum atomic E-state index is -0.713. The number of hydrogen-bond donors (Lipinski definition) is 1. The molecular formula is C10H10ClN3O4. The van der Waals surface area contributed by atoms with Crippen molar-refractivity contribution in [2.75, 3.05) is 6.79 Å². The standard InChI is InChI=1S/C10H9N3O4.ClH/c11-2-1-7(12)6-3-9-10(17-5-16-9)4-8(6)13(14)15;/h3-4,7H,1,5,12H2;1H/t7-;/m1./s1. The van der Waals surface area contributed by atoms with Gasteiger partial charge in [0.2, 0.25) is 6.79 Å². The van der Waals surface area contributed by atoms with Crippen LogP contribution in [0.5, 0.6) is 11.5 Å². The Kier molecular flexibility index (Phi) is 4.31. The summed E-state index contributed by atoms with van der Waals surface area (Å²) in [6.07, 6.45) is 0.000480. The van der Waals surface area contributed by atoms with Gasteiger partial charge in [0, 0.05) is 6.04 Å². The fraction of sp³-hybridized carbons (Fsp3) is 0.300. The summed E-state index contributed by atoms with van der Waals surface area (Å²) in [5.74, 6) is 0.739. The third-order valence-corrected chi connectivity index (χ3v) is 2.43. The second kappa shape index (κ2) is 5.53. The molecule has 2 N–H and O–H groups in total. The lowest BCUT2D eigenvalue weighted by molar-refractivity contribution is -0.385. The SMILES string of the molecule is Cl.N#CC[C@@H](N)c1cc2c(cc1[N+](=O)[O-])OCO2. The van der Waals surface area contributed by atoms with Gasteiger partial charge in [-0.15, -0.1) is 12.4 Å².